The van der Waals surface area contributed by atoms with Gasteiger partial charge >= 0.3 is 0 Å². The third-order valence-electron chi connectivity index (χ3n) is 4.07. The van der Waals surface area contributed by atoms with Gasteiger partial charge in [0.05, 0.1) is 5.56 Å². The van der Waals surface area contributed by atoms with Crippen molar-refractivity contribution in [2.24, 2.45) is 0 Å². The number of halogens is 1. The SMILES string of the molecule is CCN(CC)C1CCN(C(=O)c2cccnc2F)CC1. The van der Waals surface area contributed by atoms with Crippen LogP contribution in [0.15, 0.2) is 18.3 Å². The molecular weight excluding hydrogens is 257 g/mol. The predicted octanol–water partition coefficient (Wildman–Crippen LogP) is 2.17. The van der Waals surface area contributed by atoms with Gasteiger partial charge in [-0.25, -0.2) is 4.98 Å². The summed E-state index contributed by atoms with van der Waals surface area (Å²) in [5.41, 5.74) is 0.0776. The van der Waals surface area contributed by atoms with Crippen molar-refractivity contribution in [1.82, 2.24) is 14.8 Å². The highest BCUT2D eigenvalue weighted by molar-refractivity contribution is 5.94. The highest BCUT2D eigenvalue weighted by Gasteiger charge is 2.27. The Hall–Kier alpha value is -1.49. The number of carbonyl (C=O) groups is 1. The Morgan fingerprint density at radius 2 is 2.05 bits per heavy atom. The summed E-state index contributed by atoms with van der Waals surface area (Å²) in [5, 5.41) is 0. The van der Waals surface area contributed by atoms with Gasteiger partial charge in [-0.2, -0.15) is 4.39 Å². The molecule has 2 heterocycles. The number of hydrogen-bond acceptors (Lipinski definition) is 3. The molecule has 0 aromatic carbocycles. The molecule has 0 bridgehead atoms. The number of hydrogen-bond donors (Lipinski definition) is 0. The Balaban J connectivity index is 1.97. The molecule has 0 aliphatic carbocycles. The molecular formula is C15H22FN3O. The van der Waals surface area contributed by atoms with Crippen molar-refractivity contribution in [2.45, 2.75) is 32.7 Å². The molecule has 1 fully saturated rings. The minimum absolute atomic E-state index is 0.0776. The molecule has 1 aliphatic rings. The molecule has 0 spiro atoms. The van der Waals surface area contributed by atoms with Crippen molar-refractivity contribution in [3.8, 4) is 0 Å². The van der Waals surface area contributed by atoms with Crippen LogP contribution in [0.1, 0.15) is 37.0 Å². The quantitative estimate of drug-likeness (QED) is 0.793. The molecule has 1 aromatic rings. The fourth-order valence-corrected chi connectivity index (χ4v) is 2.89. The maximum Gasteiger partial charge on any atom is 0.258 e. The Kier molecular flexibility index (Phi) is 5.06. The Labute approximate surface area is 119 Å². The molecule has 2 rings (SSSR count). The predicted molar refractivity (Wildman–Crippen MR) is 76.0 cm³/mol. The summed E-state index contributed by atoms with van der Waals surface area (Å²) in [6, 6.07) is 3.63. The molecule has 1 amide bonds. The average molecular weight is 279 g/mol. The molecule has 1 aromatic heterocycles. The van der Waals surface area contributed by atoms with Crippen LogP contribution in [0.2, 0.25) is 0 Å². The van der Waals surface area contributed by atoms with Crippen LogP contribution in [-0.2, 0) is 0 Å². The maximum absolute atomic E-state index is 13.5. The Bertz CT molecular complexity index is 454. The van der Waals surface area contributed by atoms with Gasteiger partial charge in [0.2, 0.25) is 5.95 Å². The van der Waals surface area contributed by atoms with Crippen LogP contribution in [0.5, 0.6) is 0 Å². The molecule has 0 radical (unpaired) electrons. The van der Waals surface area contributed by atoms with Gasteiger partial charge in [0.15, 0.2) is 0 Å². The number of amides is 1. The van der Waals surface area contributed by atoms with Gasteiger partial charge in [0.1, 0.15) is 0 Å². The smallest absolute Gasteiger partial charge is 0.258 e. The molecule has 5 heteroatoms. The minimum atomic E-state index is -0.677. The van der Waals surface area contributed by atoms with E-state index in [0.717, 1.165) is 25.9 Å². The van der Waals surface area contributed by atoms with E-state index in [9.17, 15) is 9.18 Å². The number of nitrogens with zero attached hydrogens (tertiary/aromatic N) is 3. The zero-order chi connectivity index (χ0) is 14.5. The molecule has 4 nitrogen and oxygen atoms in total. The monoisotopic (exact) mass is 279 g/mol. The van der Waals surface area contributed by atoms with Crippen LogP contribution in [0.3, 0.4) is 0 Å². The van der Waals surface area contributed by atoms with Gasteiger partial charge in [0.25, 0.3) is 5.91 Å². The summed E-state index contributed by atoms with van der Waals surface area (Å²) in [6.07, 6.45) is 3.27. The lowest BCUT2D eigenvalue weighted by Crippen LogP contribution is -2.46. The Morgan fingerprint density at radius 3 is 2.60 bits per heavy atom. The van der Waals surface area contributed by atoms with Crippen LogP contribution >= 0.6 is 0 Å². The van der Waals surface area contributed by atoms with E-state index in [4.69, 9.17) is 0 Å². The van der Waals surface area contributed by atoms with Crippen molar-refractivity contribution in [1.29, 1.82) is 0 Å². The zero-order valence-electron chi connectivity index (χ0n) is 12.2. The van der Waals surface area contributed by atoms with Crippen LogP contribution < -0.4 is 0 Å². The van der Waals surface area contributed by atoms with Crippen molar-refractivity contribution in [3.63, 3.8) is 0 Å². The van der Waals surface area contributed by atoms with Crippen molar-refractivity contribution < 1.29 is 9.18 Å². The van der Waals surface area contributed by atoms with Gasteiger partial charge in [-0.15, -0.1) is 0 Å². The zero-order valence-corrected chi connectivity index (χ0v) is 12.2. The highest BCUT2D eigenvalue weighted by Crippen LogP contribution is 2.18. The summed E-state index contributed by atoms with van der Waals surface area (Å²) >= 11 is 0. The number of likely N-dealkylation sites (tertiary alicyclic amines) is 1. The first-order chi connectivity index (χ1) is 9.67. The van der Waals surface area contributed by atoms with E-state index in [-0.39, 0.29) is 11.5 Å². The standard InChI is InChI=1S/C15H22FN3O/c1-3-18(4-2)12-7-10-19(11-8-12)15(20)13-6-5-9-17-14(13)16/h5-6,9,12H,3-4,7-8,10-11H2,1-2H3. The molecule has 110 valence electrons. The van der Waals surface area contributed by atoms with Crippen molar-refractivity contribution in [3.05, 3.63) is 29.8 Å². The van der Waals surface area contributed by atoms with Gasteiger partial charge in [-0.1, -0.05) is 13.8 Å². The molecule has 1 saturated heterocycles. The van der Waals surface area contributed by atoms with Crippen LogP contribution in [0.25, 0.3) is 0 Å². The maximum atomic E-state index is 13.5. The lowest BCUT2D eigenvalue weighted by Gasteiger charge is -2.37. The van der Waals surface area contributed by atoms with Crippen molar-refractivity contribution in [2.75, 3.05) is 26.2 Å². The summed E-state index contributed by atoms with van der Waals surface area (Å²) in [4.78, 5) is 20.0. The molecule has 0 N–H and O–H groups in total. The van der Waals surface area contributed by atoms with Gasteiger partial charge < -0.3 is 9.80 Å². The summed E-state index contributed by atoms with van der Waals surface area (Å²) in [7, 11) is 0. The summed E-state index contributed by atoms with van der Waals surface area (Å²) < 4.78 is 13.5. The highest BCUT2D eigenvalue weighted by atomic mass is 19.1. The first-order valence-corrected chi connectivity index (χ1v) is 7.31. The lowest BCUT2D eigenvalue weighted by molar-refractivity contribution is 0.0626. The van der Waals surface area contributed by atoms with E-state index >= 15 is 0 Å². The fourth-order valence-electron chi connectivity index (χ4n) is 2.89. The van der Waals surface area contributed by atoms with Crippen LogP contribution in [0, 0.1) is 5.95 Å². The summed E-state index contributed by atoms with van der Waals surface area (Å²) in [5.74, 6) is -0.919. The summed E-state index contributed by atoms with van der Waals surface area (Å²) in [6.45, 7) is 7.76. The van der Waals surface area contributed by atoms with E-state index in [1.807, 2.05) is 0 Å². The van der Waals surface area contributed by atoms with Gasteiger partial charge in [0, 0.05) is 25.3 Å². The lowest BCUT2D eigenvalue weighted by atomic mass is 10.0. The second-order valence-electron chi connectivity index (χ2n) is 5.09. The number of pyridine rings is 1. The van der Waals surface area contributed by atoms with E-state index < -0.39 is 5.95 Å². The molecule has 1 aliphatic heterocycles. The normalized spacial score (nSPS) is 16.7. The average Bonchev–Trinajstić information content (AvgIpc) is 2.49. The number of aromatic nitrogens is 1. The minimum Gasteiger partial charge on any atom is -0.338 e. The second-order valence-corrected chi connectivity index (χ2v) is 5.09. The van der Waals surface area contributed by atoms with Crippen molar-refractivity contribution >= 4 is 5.91 Å². The van der Waals surface area contributed by atoms with E-state index in [2.05, 4.69) is 23.7 Å². The first kappa shape index (κ1) is 14.9. The van der Waals surface area contributed by atoms with Crippen LogP contribution in [0.4, 0.5) is 4.39 Å². The van der Waals surface area contributed by atoms with Gasteiger partial charge in [-0.3, -0.25) is 4.79 Å². The van der Waals surface area contributed by atoms with E-state index in [1.54, 1.807) is 11.0 Å². The largest absolute Gasteiger partial charge is 0.338 e. The molecule has 20 heavy (non-hydrogen) atoms. The molecule has 0 atom stereocenters. The second kappa shape index (κ2) is 6.79. The topological polar surface area (TPSA) is 36.4 Å². The number of piperidine rings is 1. The fraction of sp³-hybridized carbons (Fsp3) is 0.600. The van der Waals surface area contributed by atoms with E-state index in [1.165, 1.54) is 12.3 Å². The Morgan fingerprint density at radius 1 is 1.40 bits per heavy atom. The third kappa shape index (κ3) is 3.15. The van der Waals surface area contributed by atoms with E-state index in [0.29, 0.717) is 19.1 Å². The third-order valence-corrected chi connectivity index (χ3v) is 4.07. The number of carbonyl (C=O) groups excluding carboxylic acids is 1. The molecule has 0 saturated carbocycles. The first-order valence-electron chi connectivity index (χ1n) is 7.31. The number of rotatable bonds is 4. The van der Waals surface area contributed by atoms with Gasteiger partial charge in [-0.05, 0) is 38.1 Å². The van der Waals surface area contributed by atoms with Crippen LogP contribution in [-0.4, -0.2) is 52.9 Å². The molecule has 0 unspecified atom stereocenters.